The lowest BCUT2D eigenvalue weighted by Gasteiger charge is -2.30. The Bertz CT molecular complexity index is 1910. The molecule has 3 aromatic carbocycles. The van der Waals surface area contributed by atoms with E-state index in [0.29, 0.717) is 21.3 Å². The van der Waals surface area contributed by atoms with E-state index in [1.54, 1.807) is 30.3 Å². The number of hydrogen-bond acceptors (Lipinski definition) is 8. The van der Waals surface area contributed by atoms with Crippen LogP contribution in [0.1, 0.15) is 16.4 Å². The average molecular weight is 686 g/mol. The topological polar surface area (TPSA) is 149 Å². The van der Waals surface area contributed by atoms with Gasteiger partial charge in [-0.15, -0.1) is 0 Å². The van der Waals surface area contributed by atoms with Gasteiger partial charge in [0.2, 0.25) is 27.7 Å². The number of nitrogens with two attached hydrogens (primary N) is 1. The van der Waals surface area contributed by atoms with Crippen molar-refractivity contribution in [1.82, 2.24) is 4.57 Å². The summed E-state index contributed by atoms with van der Waals surface area (Å²) in [6.45, 7) is -0.346. The first-order valence-electron chi connectivity index (χ1n) is 12.5. The second-order valence-electron chi connectivity index (χ2n) is 9.69. The number of para-hydroxylation sites is 1. The van der Waals surface area contributed by atoms with Crippen LogP contribution in [0, 0.1) is 5.92 Å². The standard InChI is InChI=1S/C28H21BrN4O6S3/c29-16-6-4-5-15(13-16)21-22-23(26(36)33(25(22)35)18-7-2-1-3-8-18)40-27-24(21)41-28(37)32(27)14-20(34)31-17-9-11-19(12-10-17)42(30,38)39/h1-13,21-23H,14H2,(H,31,34)(H2,30,38,39)/t21-,22?,23?/m1/s1. The van der Waals surface area contributed by atoms with Crippen LogP contribution in [0.25, 0.3) is 0 Å². The quantitative estimate of drug-likeness (QED) is 0.294. The number of thioether (sulfide) groups is 1. The van der Waals surface area contributed by atoms with E-state index in [9.17, 15) is 27.6 Å². The Kier molecular flexibility index (Phi) is 7.43. The summed E-state index contributed by atoms with van der Waals surface area (Å²) in [5.74, 6) is -2.57. The van der Waals surface area contributed by atoms with E-state index in [-0.39, 0.29) is 23.3 Å². The third-order valence-electron chi connectivity index (χ3n) is 7.04. The monoisotopic (exact) mass is 684 g/mol. The summed E-state index contributed by atoms with van der Waals surface area (Å²) >= 11 is 5.58. The van der Waals surface area contributed by atoms with Gasteiger partial charge in [-0.2, -0.15) is 0 Å². The van der Waals surface area contributed by atoms with Crippen molar-refractivity contribution in [2.45, 2.75) is 27.6 Å². The van der Waals surface area contributed by atoms with Gasteiger partial charge < -0.3 is 5.32 Å². The molecule has 4 aromatic rings. The molecular weight excluding hydrogens is 664 g/mol. The van der Waals surface area contributed by atoms with Gasteiger partial charge in [0.1, 0.15) is 11.8 Å². The molecule has 1 fully saturated rings. The summed E-state index contributed by atoms with van der Waals surface area (Å²) in [7, 11) is -3.89. The van der Waals surface area contributed by atoms with E-state index in [1.165, 1.54) is 33.7 Å². The highest BCUT2D eigenvalue weighted by Gasteiger charge is 2.56. The Morgan fingerprint density at radius 3 is 2.33 bits per heavy atom. The van der Waals surface area contributed by atoms with Crippen molar-refractivity contribution in [2.24, 2.45) is 11.1 Å². The summed E-state index contributed by atoms with van der Waals surface area (Å²) in [4.78, 5) is 55.3. The van der Waals surface area contributed by atoms with Crippen LogP contribution < -0.4 is 20.2 Å². The number of thiazole rings is 1. The van der Waals surface area contributed by atoms with Crippen LogP contribution in [0.2, 0.25) is 0 Å². The van der Waals surface area contributed by atoms with Crippen molar-refractivity contribution >= 4 is 78.1 Å². The molecule has 14 heteroatoms. The molecule has 2 unspecified atom stereocenters. The number of halogens is 1. The van der Waals surface area contributed by atoms with Crippen molar-refractivity contribution in [3.63, 3.8) is 0 Å². The molecule has 3 N–H and O–H groups in total. The predicted molar refractivity (Wildman–Crippen MR) is 163 cm³/mol. The van der Waals surface area contributed by atoms with Crippen LogP contribution >= 0.6 is 39.0 Å². The molecule has 1 saturated heterocycles. The van der Waals surface area contributed by atoms with Crippen LogP contribution in [0.3, 0.4) is 0 Å². The lowest BCUT2D eigenvalue weighted by Crippen LogP contribution is -2.33. The molecule has 214 valence electrons. The zero-order chi connectivity index (χ0) is 29.8. The number of benzene rings is 3. The minimum Gasteiger partial charge on any atom is -0.325 e. The molecule has 0 radical (unpaired) electrons. The summed E-state index contributed by atoms with van der Waals surface area (Å²) in [6.07, 6.45) is 0. The van der Waals surface area contributed by atoms with Gasteiger partial charge >= 0.3 is 4.87 Å². The van der Waals surface area contributed by atoms with Gasteiger partial charge in [0, 0.05) is 21.0 Å². The second-order valence-corrected chi connectivity index (χ2v) is 14.3. The normalized spacial score (nSPS) is 19.9. The number of anilines is 2. The molecule has 0 bridgehead atoms. The summed E-state index contributed by atoms with van der Waals surface area (Å²) in [6, 6.07) is 21.5. The molecule has 3 amide bonds. The zero-order valence-corrected chi connectivity index (χ0v) is 25.5. The van der Waals surface area contributed by atoms with Crippen molar-refractivity contribution in [3.05, 3.63) is 103 Å². The van der Waals surface area contributed by atoms with Gasteiger partial charge in [-0.05, 0) is 54.1 Å². The number of carbonyl (C=O) groups is 3. The predicted octanol–water partition coefficient (Wildman–Crippen LogP) is 3.75. The highest BCUT2D eigenvalue weighted by atomic mass is 79.9. The lowest BCUT2D eigenvalue weighted by molar-refractivity contribution is -0.122. The summed E-state index contributed by atoms with van der Waals surface area (Å²) < 4.78 is 25.2. The number of aromatic nitrogens is 1. The molecule has 3 heterocycles. The number of nitrogens with one attached hydrogen (secondary N) is 1. The molecule has 42 heavy (non-hydrogen) atoms. The molecule has 3 atom stereocenters. The van der Waals surface area contributed by atoms with Crippen molar-refractivity contribution < 1.29 is 22.8 Å². The fraction of sp³-hybridized carbons (Fsp3) is 0.143. The van der Waals surface area contributed by atoms with E-state index in [2.05, 4.69) is 21.2 Å². The van der Waals surface area contributed by atoms with Crippen LogP contribution in [0.4, 0.5) is 11.4 Å². The van der Waals surface area contributed by atoms with E-state index >= 15 is 0 Å². The fourth-order valence-electron chi connectivity index (χ4n) is 5.22. The Hall–Kier alpha value is -3.56. The minimum atomic E-state index is -3.89. The largest absolute Gasteiger partial charge is 0.325 e. The molecule has 6 rings (SSSR count). The highest BCUT2D eigenvalue weighted by molar-refractivity contribution is 9.10. The van der Waals surface area contributed by atoms with Gasteiger partial charge in [0.25, 0.3) is 0 Å². The average Bonchev–Trinajstić information content (AvgIpc) is 3.39. The van der Waals surface area contributed by atoms with E-state index in [1.807, 2.05) is 24.3 Å². The zero-order valence-electron chi connectivity index (χ0n) is 21.5. The first kappa shape index (κ1) is 28.6. The fourth-order valence-corrected chi connectivity index (χ4v) is 8.92. The van der Waals surface area contributed by atoms with Gasteiger partial charge in [0.05, 0.1) is 21.5 Å². The number of fused-ring (bicyclic) bond motifs is 2. The number of imide groups is 1. The van der Waals surface area contributed by atoms with Gasteiger partial charge in [-0.1, -0.05) is 69.4 Å². The third-order valence-corrected chi connectivity index (χ3v) is 11.1. The van der Waals surface area contributed by atoms with Crippen LogP contribution in [-0.4, -0.2) is 36.0 Å². The number of amides is 3. The van der Waals surface area contributed by atoms with Crippen molar-refractivity contribution in [3.8, 4) is 0 Å². The first-order chi connectivity index (χ1) is 20.0. The molecule has 10 nitrogen and oxygen atoms in total. The van der Waals surface area contributed by atoms with Gasteiger partial charge in [-0.25, -0.2) is 18.5 Å². The van der Waals surface area contributed by atoms with Crippen LogP contribution in [0.15, 0.2) is 98.1 Å². The van der Waals surface area contributed by atoms with Crippen LogP contribution in [-0.2, 0) is 31.0 Å². The Labute approximate surface area is 256 Å². The number of nitrogens with zero attached hydrogens (tertiary/aromatic N) is 2. The van der Waals surface area contributed by atoms with Gasteiger partial charge in [0.15, 0.2) is 0 Å². The molecule has 0 saturated carbocycles. The minimum absolute atomic E-state index is 0.103. The first-order valence-corrected chi connectivity index (χ1v) is 16.6. The maximum absolute atomic E-state index is 13.9. The Morgan fingerprint density at radius 2 is 1.67 bits per heavy atom. The van der Waals surface area contributed by atoms with E-state index in [0.717, 1.165) is 33.1 Å². The summed E-state index contributed by atoms with van der Waals surface area (Å²) in [5.41, 5.74) is 1.56. The Balaban J connectivity index is 1.37. The smallest absolute Gasteiger partial charge is 0.308 e. The number of hydrogen-bond donors (Lipinski definition) is 2. The maximum Gasteiger partial charge on any atom is 0.308 e. The maximum atomic E-state index is 13.9. The third kappa shape index (κ3) is 5.13. The number of carbonyl (C=O) groups excluding carboxylic acids is 3. The molecular formula is C28H21BrN4O6S3. The summed E-state index contributed by atoms with van der Waals surface area (Å²) in [5, 5.41) is 7.45. The van der Waals surface area contributed by atoms with E-state index < -0.39 is 37.9 Å². The Morgan fingerprint density at radius 1 is 0.952 bits per heavy atom. The lowest BCUT2D eigenvalue weighted by atomic mass is 9.83. The molecule has 0 aliphatic carbocycles. The van der Waals surface area contributed by atoms with E-state index in [4.69, 9.17) is 5.14 Å². The number of sulfonamides is 1. The molecule has 2 aliphatic rings. The molecule has 0 spiro atoms. The van der Waals surface area contributed by atoms with Crippen LogP contribution in [0.5, 0.6) is 0 Å². The number of primary sulfonamides is 1. The molecule has 2 aliphatic heterocycles. The highest BCUT2D eigenvalue weighted by Crippen LogP contribution is 2.54. The molecule has 1 aromatic heterocycles. The second kappa shape index (κ2) is 10.9. The SMILES string of the molecule is NS(=O)(=O)c1ccc(NC(=O)Cn2c3c(sc2=O)[C@H](c2cccc(Br)c2)C2C(=O)N(c4ccccc4)C(=O)C2S3)cc1. The van der Waals surface area contributed by atoms with Crippen molar-refractivity contribution in [2.75, 3.05) is 10.2 Å². The van der Waals surface area contributed by atoms with Gasteiger partial charge in [-0.3, -0.25) is 23.7 Å². The number of rotatable bonds is 6. The van der Waals surface area contributed by atoms with Crippen molar-refractivity contribution in [1.29, 1.82) is 0 Å².